The molecule has 38 heavy (non-hydrogen) atoms. The van der Waals surface area contributed by atoms with Gasteiger partial charge >= 0.3 is 5.91 Å². The number of fused-ring (bicyclic) bond motifs is 2. The zero-order chi connectivity index (χ0) is 26.4. The first kappa shape index (κ1) is 23.4. The normalized spacial score (nSPS) is 17.0. The SMILES string of the molecule is CCOc1cc(C2/C(=C(\O)c3c[nH]c4ccccc34)C(=O)C(=O)N2c2nc3ccccc3[nH]2)ccc1OC. The van der Waals surface area contributed by atoms with Crippen molar-refractivity contribution in [1.29, 1.82) is 0 Å². The highest BCUT2D eigenvalue weighted by atomic mass is 16.5. The minimum Gasteiger partial charge on any atom is -0.507 e. The summed E-state index contributed by atoms with van der Waals surface area (Å²) in [6.45, 7) is 2.24. The molecule has 1 aliphatic rings. The number of benzene rings is 3. The van der Waals surface area contributed by atoms with Crippen LogP contribution in [0.5, 0.6) is 11.5 Å². The molecule has 9 nitrogen and oxygen atoms in total. The molecule has 0 saturated carbocycles. The van der Waals surface area contributed by atoms with Gasteiger partial charge in [0.1, 0.15) is 5.76 Å². The van der Waals surface area contributed by atoms with Gasteiger partial charge < -0.3 is 24.5 Å². The highest BCUT2D eigenvalue weighted by Gasteiger charge is 2.48. The Morgan fingerprint density at radius 3 is 2.55 bits per heavy atom. The van der Waals surface area contributed by atoms with E-state index in [1.807, 2.05) is 55.5 Å². The number of imidazole rings is 1. The fraction of sp³-hybridized carbons (Fsp3) is 0.138. The van der Waals surface area contributed by atoms with Crippen molar-refractivity contribution in [3.8, 4) is 11.5 Å². The molecule has 3 N–H and O–H groups in total. The fourth-order valence-corrected chi connectivity index (χ4v) is 4.96. The van der Waals surface area contributed by atoms with Crippen molar-refractivity contribution >= 4 is 45.3 Å². The van der Waals surface area contributed by atoms with Crippen LogP contribution in [-0.4, -0.2) is 45.5 Å². The highest BCUT2D eigenvalue weighted by molar-refractivity contribution is 6.51. The van der Waals surface area contributed by atoms with E-state index in [-0.39, 0.29) is 17.3 Å². The monoisotopic (exact) mass is 508 g/mol. The van der Waals surface area contributed by atoms with Gasteiger partial charge in [0.2, 0.25) is 5.95 Å². The van der Waals surface area contributed by atoms with Crippen LogP contribution in [0.3, 0.4) is 0 Å². The molecule has 1 aliphatic heterocycles. The number of carbonyl (C=O) groups excluding carboxylic acids is 2. The Hall–Kier alpha value is -5.05. The Kier molecular flexibility index (Phi) is 5.60. The van der Waals surface area contributed by atoms with Crippen LogP contribution in [0.2, 0.25) is 0 Å². The number of ketones is 1. The van der Waals surface area contributed by atoms with Gasteiger partial charge in [-0.05, 0) is 42.8 Å². The molecule has 0 bridgehead atoms. The summed E-state index contributed by atoms with van der Waals surface area (Å²) >= 11 is 0. The van der Waals surface area contributed by atoms with Crippen molar-refractivity contribution < 1.29 is 24.2 Å². The lowest BCUT2D eigenvalue weighted by atomic mass is 9.95. The van der Waals surface area contributed by atoms with Crippen molar-refractivity contribution in [2.45, 2.75) is 13.0 Å². The lowest BCUT2D eigenvalue weighted by molar-refractivity contribution is -0.132. The number of hydrogen-bond acceptors (Lipinski definition) is 6. The van der Waals surface area contributed by atoms with Gasteiger partial charge in [0.15, 0.2) is 11.5 Å². The van der Waals surface area contributed by atoms with E-state index in [1.165, 1.54) is 12.0 Å². The Labute approximate surface area is 217 Å². The number of aromatic amines is 2. The average Bonchev–Trinajstić information content (AvgIpc) is 3.63. The number of ether oxygens (including phenoxy) is 2. The molecule has 9 heteroatoms. The molecule has 0 spiro atoms. The molecule has 6 rings (SSSR count). The molecule has 2 aromatic heterocycles. The van der Waals surface area contributed by atoms with E-state index >= 15 is 0 Å². The quantitative estimate of drug-likeness (QED) is 0.167. The van der Waals surface area contributed by atoms with Gasteiger partial charge in [-0.15, -0.1) is 0 Å². The number of amides is 1. The van der Waals surface area contributed by atoms with Crippen molar-refractivity contribution in [1.82, 2.24) is 15.0 Å². The number of aliphatic hydroxyl groups is 1. The summed E-state index contributed by atoms with van der Waals surface area (Å²) in [6, 6.07) is 19.0. The second-order valence-corrected chi connectivity index (χ2v) is 8.84. The number of carbonyl (C=O) groups is 2. The summed E-state index contributed by atoms with van der Waals surface area (Å²) in [5, 5.41) is 12.3. The van der Waals surface area contributed by atoms with Gasteiger partial charge in [-0.1, -0.05) is 36.4 Å². The molecule has 190 valence electrons. The first-order valence-electron chi connectivity index (χ1n) is 12.1. The van der Waals surface area contributed by atoms with E-state index in [1.54, 1.807) is 24.4 Å². The summed E-state index contributed by atoms with van der Waals surface area (Å²) in [5.74, 6) is -0.734. The zero-order valence-corrected chi connectivity index (χ0v) is 20.7. The van der Waals surface area contributed by atoms with E-state index < -0.39 is 17.7 Å². The van der Waals surface area contributed by atoms with Crippen molar-refractivity contribution in [3.63, 3.8) is 0 Å². The molecule has 1 amide bonds. The summed E-state index contributed by atoms with van der Waals surface area (Å²) in [5.41, 5.74) is 3.07. The molecule has 1 atom stereocenters. The molecule has 5 aromatic rings. The number of H-pyrrole nitrogens is 2. The Bertz CT molecular complexity index is 1720. The molecule has 1 unspecified atom stereocenters. The minimum absolute atomic E-state index is 0.0483. The van der Waals surface area contributed by atoms with Crippen LogP contribution in [0.4, 0.5) is 5.95 Å². The third-order valence-corrected chi connectivity index (χ3v) is 6.70. The second kappa shape index (κ2) is 9.11. The van der Waals surface area contributed by atoms with Gasteiger partial charge in [0.05, 0.1) is 36.4 Å². The molecule has 3 aromatic carbocycles. The van der Waals surface area contributed by atoms with Crippen LogP contribution < -0.4 is 14.4 Å². The standard InChI is InChI=1S/C29H24N4O5/c1-3-38-23-14-16(12-13-22(23)37-2)25-24(26(34)18-15-30-19-9-5-4-8-17(18)19)27(35)28(36)33(25)29-31-20-10-6-7-11-21(20)32-29/h4-15,25,30,34H,3H2,1-2H3,(H,31,32)/b26-24+. The molecular weight excluding hydrogens is 484 g/mol. The number of rotatable bonds is 6. The number of methoxy groups -OCH3 is 1. The molecule has 0 aliphatic carbocycles. The third kappa shape index (κ3) is 3.59. The van der Waals surface area contributed by atoms with Crippen LogP contribution in [0.1, 0.15) is 24.1 Å². The largest absolute Gasteiger partial charge is 0.507 e. The van der Waals surface area contributed by atoms with Gasteiger partial charge in [-0.2, -0.15) is 0 Å². The van der Waals surface area contributed by atoms with Gasteiger partial charge in [0.25, 0.3) is 5.78 Å². The maximum absolute atomic E-state index is 13.6. The topological polar surface area (TPSA) is 121 Å². The number of nitrogens with one attached hydrogen (secondary N) is 2. The lowest BCUT2D eigenvalue weighted by Crippen LogP contribution is -2.30. The molecular formula is C29H24N4O5. The van der Waals surface area contributed by atoms with E-state index in [0.29, 0.717) is 40.3 Å². The summed E-state index contributed by atoms with van der Waals surface area (Å²) in [6.07, 6.45) is 1.63. The Balaban J connectivity index is 1.60. The summed E-state index contributed by atoms with van der Waals surface area (Å²) in [4.78, 5) is 39.3. The second-order valence-electron chi connectivity index (χ2n) is 8.84. The number of hydrogen-bond donors (Lipinski definition) is 3. The number of aliphatic hydroxyl groups excluding tert-OH is 1. The Morgan fingerprint density at radius 1 is 1.03 bits per heavy atom. The van der Waals surface area contributed by atoms with E-state index in [2.05, 4.69) is 15.0 Å². The molecule has 1 fully saturated rings. The Morgan fingerprint density at radius 2 is 1.79 bits per heavy atom. The van der Waals surface area contributed by atoms with Crippen molar-refractivity contribution in [2.24, 2.45) is 0 Å². The van der Waals surface area contributed by atoms with Gasteiger partial charge in [-0.25, -0.2) is 4.98 Å². The van der Waals surface area contributed by atoms with Gasteiger partial charge in [0, 0.05) is 22.7 Å². The average molecular weight is 509 g/mol. The number of Topliss-reactive ketones (excluding diaryl/α,β-unsaturated/α-hetero) is 1. The predicted molar refractivity (Wildman–Crippen MR) is 143 cm³/mol. The summed E-state index contributed by atoms with van der Waals surface area (Å²) < 4.78 is 11.2. The first-order chi connectivity index (χ1) is 18.5. The number of para-hydroxylation sites is 3. The number of nitrogens with zero attached hydrogens (tertiary/aromatic N) is 2. The molecule has 0 radical (unpaired) electrons. The van der Waals surface area contributed by atoms with Crippen LogP contribution in [0, 0.1) is 0 Å². The fourth-order valence-electron chi connectivity index (χ4n) is 4.96. The van der Waals surface area contributed by atoms with E-state index in [4.69, 9.17) is 9.47 Å². The summed E-state index contributed by atoms with van der Waals surface area (Å²) in [7, 11) is 1.54. The minimum atomic E-state index is -0.977. The van der Waals surface area contributed by atoms with E-state index in [9.17, 15) is 14.7 Å². The van der Waals surface area contributed by atoms with Crippen LogP contribution >= 0.6 is 0 Å². The van der Waals surface area contributed by atoms with Crippen molar-refractivity contribution in [3.05, 3.63) is 89.6 Å². The molecule has 1 saturated heterocycles. The van der Waals surface area contributed by atoms with Crippen LogP contribution in [-0.2, 0) is 9.59 Å². The maximum atomic E-state index is 13.6. The van der Waals surface area contributed by atoms with E-state index in [0.717, 1.165) is 10.9 Å². The van der Waals surface area contributed by atoms with Crippen molar-refractivity contribution in [2.75, 3.05) is 18.6 Å². The predicted octanol–water partition coefficient (Wildman–Crippen LogP) is 5.08. The third-order valence-electron chi connectivity index (χ3n) is 6.70. The molecule has 3 heterocycles. The number of anilines is 1. The zero-order valence-electron chi connectivity index (χ0n) is 20.7. The van der Waals surface area contributed by atoms with Gasteiger partial charge in [-0.3, -0.25) is 14.5 Å². The highest BCUT2D eigenvalue weighted by Crippen LogP contribution is 2.44. The number of aromatic nitrogens is 3. The van der Waals surface area contributed by atoms with Crippen LogP contribution in [0.15, 0.2) is 78.5 Å². The smallest absolute Gasteiger partial charge is 0.302 e. The van der Waals surface area contributed by atoms with Crippen LogP contribution in [0.25, 0.3) is 27.7 Å². The first-order valence-corrected chi connectivity index (χ1v) is 12.1. The maximum Gasteiger partial charge on any atom is 0.302 e. The lowest BCUT2D eigenvalue weighted by Gasteiger charge is -2.24.